The van der Waals surface area contributed by atoms with Crippen molar-refractivity contribution in [1.29, 1.82) is 5.26 Å². The number of carbonyl (C=O) groups excluding carboxylic acids is 1. The number of alkyl halides is 3. The molecule has 0 aliphatic carbocycles. The molecule has 1 aromatic carbocycles. The van der Waals surface area contributed by atoms with Crippen molar-refractivity contribution < 1.29 is 18.0 Å². The Labute approximate surface area is 270 Å². The normalized spacial score (nSPS) is 17.5. The summed E-state index contributed by atoms with van der Waals surface area (Å²) < 4.78 is 40.9. The number of aryl methyl sites for hydroxylation is 1. The van der Waals surface area contributed by atoms with Gasteiger partial charge in [0.1, 0.15) is 28.7 Å². The third-order valence-electron chi connectivity index (χ3n) is 9.29. The molecule has 46 heavy (non-hydrogen) atoms. The maximum atomic E-state index is 12.9. The zero-order valence-electron chi connectivity index (χ0n) is 26.2. The fraction of sp³-hybridized carbons (Fsp3) is 0.515. The number of fused-ring (bicyclic) bond motifs is 2. The van der Waals surface area contributed by atoms with Crippen LogP contribution in [0.15, 0.2) is 30.6 Å². The van der Waals surface area contributed by atoms with Crippen LogP contribution in [0.25, 0.3) is 21.1 Å². The predicted octanol–water partition coefficient (Wildman–Crippen LogP) is 5.61. The van der Waals surface area contributed by atoms with E-state index in [1.165, 1.54) is 17.5 Å². The van der Waals surface area contributed by atoms with Gasteiger partial charge in [-0.2, -0.15) is 18.4 Å². The van der Waals surface area contributed by atoms with Crippen molar-refractivity contribution in [2.75, 3.05) is 38.0 Å². The zero-order chi connectivity index (χ0) is 32.4. The lowest BCUT2D eigenvalue weighted by Gasteiger charge is -2.33. The summed E-state index contributed by atoms with van der Waals surface area (Å²) in [5, 5.41) is 18.2. The predicted molar refractivity (Wildman–Crippen MR) is 174 cm³/mol. The fourth-order valence-electron chi connectivity index (χ4n) is 6.83. The number of hydrogen-bond acceptors (Lipinski definition) is 8. The Kier molecular flexibility index (Phi) is 9.49. The summed E-state index contributed by atoms with van der Waals surface area (Å²) in [5.74, 6) is 0.624. The van der Waals surface area contributed by atoms with E-state index in [4.69, 9.17) is 0 Å². The Balaban J connectivity index is 1.06. The molecule has 0 saturated carbocycles. The van der Waals surface area contributed by atoms with Gasteiger partial charge in [-0.1, -0.05) is 6.07 Å². The molecule has 9 nitrogen and oxygen atoms in total. The number of carbonyl (C=O) groups is 1. The van der Waals surface area contributed by atoms with Gasteiger partial charge in [-0.15, -0.1) is 11.3 Å². The monoisotopic (exact) mass is 652 g/mol. The van der Waals surface area contributed by atoms with Gasteiger partial charge < -0.3 is 20.1 Å². The van der Waals surface area contributed by atoms with E-state index < -0.39 is 12.6 Å². The van der Waals surface area contributed by atoms with Crippen molar-refractivity contribution in [3.63, 3.8) is 0 Å². The van der Waals surface area contributed by atoms with E-state index in [0.29, 0.717) is 21.7 Å². The van der Waals surface area contributed by atoms with Gasteiger partial charge in [-0.3, -0.25) is 9.69 Å². The summed E-state index contributed by atoms with van der Waals surface area (Å²) in [6, 6.07) is 10.7. The van der Waals surface area contributed by atoms with Crippen LogP contribution >= 0.6 is 11.3 Å². The standard InChI is InChI=1S/C33H39F3N8OS/c1-21-23(3-4-30-28(21)15-26(18-37)44(30)14-13-42-9-5-24(6-10-42)40-22(2)45)19-43-11-7-25(8-12-43)41-31-29-16-27(17-33(34,35)36)46-32(29)39-20-38-31/h3-4,15-16,20,24-25H,5-14,17,19H2,1-2H3,(H,40,45)(H,38,39,41). The molecule has 6 rings (SSSR count). The van der Waals surface area contributed by atoms with Crippen LogP contribution in [0.2, 0.25) is 0 Å². The number of nitriles is 1. The van der Waals surface area contributed by atoms with Crippen molar-refractivity contribution in [3.8, 4) is 6.07 Å². The van der Waals surface area contributed by atoms with Crippen LogP contribution in [-0.4, -0.2) is 81.2 Å². The SMILES string of the molecule is CC(=O)NC1CCN(CCn2c(C#N)cc3c(C)c(CN4CCC(Nc5ncnc6sc(CC(F)(F)F)cc56)CC4)ccc32)CC1. The van der Waals surface area contributed by atoms with Crippen molar-refractivity contribution in [2.45, 2.75) is 77.3 Å². The van der Waals surface area contributed by atoms with Gasteiger partial charge >= 0.3 is 6.18 Å². The maximum absolute atomic E-state index is 12.9. The number of halogens is 3. The lowest BCUT2D eigenvalue weighted by atomic mass is 10.0. The van der Waals surface area contributed by atoms with E-state index in [0.717, 1.165) is 93.7 Å². The highest BCUT2D eigenvalue weighted by molar-refractivity contribution is 7.18. The zero-order valence-corrected chi connectivity index (χ0v) is 27.0. The first-order valence-electron chi connectivity index (χ1n) is 15.9. The van der Waals surface area contributed by atoms with Crippen LogP contribution in [0.1, 0.15) is 54.3 Å². The smallest absolute Gasteiger partial charge is 0.367 e. The molecular weight excluding hydrogens is 613 g/mol. The van der Waals surface area contributed by atoms with Gasteiger partial charge in [0.25, 0.3) is 0 Å². The van der Waals surface area contributed by atoms with Crippen molar-refractivity contribution in [3.05, 3.63) is 52.3 Å². The molecule has 2 N–H and O–H groups in total. The van der Waals surface area contributed by atoms with E-state index in [1.807, 2.05) is 6.07 Å². The number of piperidine rings is 2. The van der Waals surface area contributed by atoms with Gasteiger partial charge in [0.05, 0.1) is 11.8 Å². The summed E-state index contributed by atoms with van der Waals surface area (Å²) >= 11 is 1.07. The van der Waals surface area contributed by atoms with Gasteiger partial charge in [0, 0.05) is 80.6 Å². The second-order valence-electron chi connectivity index (χ2n) is 12.5. The van der Waals surface area contributed by atoms with Gasteiger partial charge in [0.2, 0.25) is 5.91 Å². The van der Waals surface area contributed by atoms with Crippen LogP contribution in [0.4, 0.5) is 19.0 Å². The summed E-state index contributed by atoms with van der Waals surface area (Å²) in [6.07, 6.45) is -0.131. The molecule has 0 radical (unpaired) electrons. The van der Waals surface area contributed by atoms with Crippen LogP contribution in [0.3, 0.4) is 0 Å². The molecule has 13 heteroatoms. The number of hydrogen-bond donors (Lipinski definition) is 2. The highest BCUT2D eigenvalue weighted by atomic mass is 32.1. The van der Waals surface area contributed by atoms with Crippen LogP contribution in [-0.2, 0) is 24.3 Å². The minimum atomic E-state index is -4.26. The van der Waals surface area contributed by atoms with E-state index in [2.05, 4.69) is 60.1 Å². The molecule has 2 saturated heterocycles. The molecule has 0 bridgehead atoms. The third kappa shape index (κ3) is 7.45. The number of amides is 1. The number of benzene rings is 1. The Morgan fingerprint density at radius 1 is 1.02 bits per heavy atom. The van der Waals surface area contributed by atoms with Crippen LogP contribution in [0.5, 0.6) is 0 Å². The first kappa shape index (κ1) is 32.2. The van der Waals surface area contributed by atoms with E-state index in [1.54, 1.807) is 13.0 Å². The number of thiophene rings is 1. The number of anilines is 1. The van der Waals surface area contributed by atoms with E-state index in [9.17, 15) is 23.2 Å². The molecule has 2 aliphatic rings. The minimum Gasteiger partial charge on any atom is -0.367 e. The fourth-order valence-corrected chi connectivity index (χ4v) is 7.86. The summed E-state index contributed by atoms with van der Waals surface area (Å²) in [6.45, 7) is 9.75. The molecule has 0 atom stereocenters. The molecule has 1 amide bonds. The molecule has 5 heterocycles. The lowest BCUT2D eigenvalue weighted by Crippen LogP contribution is -2.44. The lowest BCUT2D eigenvalue weighted by molar-refractivity contribution is -0.126. The van der Waals surface area contributed by atoms with Crippen molar-refractivity contribution in [1.82, 2.24) is 29.7 Å². The number of aromatic nitrogens is 3. The van der Waals surface area contributed by atoms with Crippen molar-refractivity contribution in [2.24, 2.45) is 0 Å². The molecule has 2 fully saturated rings. The molecule has 0 unspecified atom stereocenters. The largest absolute Gasteiger partial charge is 0.393 e. The summed E-state index contributed by atoms with van der Waals surface area (Å²) in [5.41, 5.74) is 4.19. The Bertz CT molecular complexity index is 1740. The maximum Gasteiger partial charge on any atom is 0.393 e. The second-order valence-corrected chi connectivity index (χ2v) is 13.6. The quantitative estimate of drug-likeness (QED) is 0.243. The van der Waals surface area contributed by atoms with Gasteiger partial charge in [0.15, 0.2) is 0 Å². The Morgan fingerprint density at radius 3 is 2.43 bits per heavy atom. The molecule has 4 aromatic rings. The minimum absolute atomic E-state index is 0.0249. The molecule has 2 aliphatic heterocycles. The second kappa shape index (κ2) is 13.6. The van der Waals surface area contributed by atoms with Gasteiger partial charge in [-0.25, -0.2) is 9.97 Å². The Morgan fingerprint density at radius 2 is 1.74 bits per heavy atom. The van der Waals surface area contributed by atoms with E-state index >= 15 is 0 Å². The highest BCUT2D eigenvalue weighted by Crippen LogP contribution is 2.33. The van der Waals surface area contributed by atoms with Crippen LogP contribution < -0.4 is 10.6 Å². The number of nitrogens with zero attached hydrogens (tertiary/aromatic N) is 6. The molecular formula is C33H39F3N8OS. The van der Waals surface area contributed by atoms with E-state index in [-0.39, 0.29) is 22.9 Å². The first-order chi connectivity index (χ1) is 22.1. The topological polar surface area (TPSA) is 102 Å². The molecule has 3 aromatic heterocycles. The first-order valence-corrected chi connectivity index (χ1v) is 16.7. The van der Waals surface area contributed by atoms with Crippen LogP contribution in [0, 0.1) is 18.3 Å². The Hall–Kier alpha value is -3.73. The average molecular weight is 653 g/mol. The van der Waals surface area contributed by atoms with Gasteiger partial charge in [-0.05, 0) is 61.9 Å². The summed E-state index contributed by atoms with van der Waals surface area (Å²) in [4.78, 5) is 25.6. The number of rotatable bonds is 9. The molecule has 0 spiro atoms. The number of likely N-dealkylation sites (tertiary alicyclic amines) is 2. The molecule has 244 valence electrons. The third-order valence-corrected chi connectivity index (χ3v) is 10.3. The number of nitrogens with one attached hydrogen (secondary N) is 2. The highest BCUT2D eigenvalue weighted by Gasteiger charge is 2.29. The van der Waals surface area contributed by atoms with Crippen molar-refractivity contribution >= 4 is 44.2 Å². The average Bonchev–Trinajstić information content (AvgIpc) is 3.59. The summed E-state index contributed by atoms with van der Waals surface area (Å²) in [7, 11) is 0.